The van der Waals surface area contributed by atoms with Crippen molar-refractivity contribution in [3.63, 3.8) is 0 Å². The van der Waals surface area contributed by atoms with Crippen LogP contribution in [0.4, 0.5) is 5.69 Å². The fraction of sp³-hybridized carbons (Fsp3) is 0.650. The van der Waals surface area contributed by atoms with Crippen molar-refractivity contribution in [2.24, 2.45) is 0 Å². The molecular formula is C20H28Cl2N2O. The van der Waals surface area contributed by atoms with E-state index in [0.29, 0.717) is 34.4 Å². The number of benzene rings is 1. The van der Waals surface area contributed by atoms with E-state index in [1.54, 1.807) is 18.2 Å². The van der Waals surface area contributed by atoms with Crippen molar-refractivity contribution < 1.29 is 4.79 Å². The topological polar surface area (TPSA) is 32.3 Å². The number of halogens is 2. The summed E-state index contributed by atoms with van der Waals surface area (Å²) in [5.74, 6) is 0.0505. The highest BCUT2D eigenvalue weighted by molar-refractivity contribution is 6.42. The third-order valence-electron chi connectivity index (χ3n) is 5.62. The normalized spacial score (nSPS) is 20.0. The zero-order chi connectivity index (χ0) is 17.6. The summed E-state index contributed by atoms with van der Waals surface area (Å²) in [7, 11) is 0. The maximum absolute atomic E-state index is 12.7. The minimum atomic E-state index is 0.0505. The minimum Gasteiger partial charge on any atom is -0.325 e. The highest BCUT2D eigenvalue weighted by Crippen LogP contribution is 2.30. The molecule has 2 saturated carbocycles. The number of hydrogen-bond donors (Lipinski definition) is 1. The second-order valence-electron chi connectivity index (χ2n) is 7.43. The van der Waals surface area contributed by atoms with E-state index in [-0.39, 0.29) is 5.91 Å². The van der Waals surface area contributed by atoms with Gasteiger partial charge in [0.05, 0.1) is 16.6 Å². The Morgan fingerprint density at radius 3 is 2.00 bits per heavy atom. The Labute approximate surface area is 161 Å². The largest absolute Gasteiger partial charge is 0.325 e. The lowest BCUT2D eigenvalue weighted by Crippen LogP contribution is -2.48. The number of anilines is 1. The number of carbonyl (C=O) groups excluding carboxylic acids is 1. The van der Waals surface area contributed by atoms with Gasteiger partial charge in [0.2, 0.25) is 5.91 Å². The van der Waals surface area contributed by atoms with Gasteiger partial charge in [-0.05, 0) is 43.9 Å². The minimum absolute atomic E-state index is 0.0505. The van der Waals surface area contributed by atoms with Gasteiger partial charge in [-0.2, -0.15) is 0 Å². The molecular weight excluding hydrogens is 355 g/mol. The fourth-order valence-corrected chi connectivity index (χ4v) is 4.62. The molecule has 2 aliphatic rings. The molecule has 1 aromatic carbocycles. The Balaban J connectivity index is 1.65. The van der Waals surface area contributed by atoms with E-state index >= 15 is 0 Å². The van der Waals surface area contributed by atoms with Gasteiger partial charge in [0.25, 0.3) is 0 Å². The summed E-state index contributed by atoms with van der Waals surface area (Å²) in [6.07, 6.45) is 12.8. The van der Waals surface area contributed by atoms with Crippen LogP contribution in [0.5, 0.6) is 0 Å². The Hall–Kier alpha value is -0.770. The number of nitrogens with one attached hydrogen (secondary N) is 1. The first kappa shape index (κ1) is 19.0. The Kier molecular flexibility index (Phi) is 7.03. The lowest BCUT2D eigenvalue weighted by Gasteiger charge is -2.41. The molecule has 0 spiro atoms. The second-order valence-corrected chi connectivity index (χ2v) is 8.25. The van der Waals surface area contributed by atoms with Crippen LogP contribution in [0.15, 0.2) is 18.2 Å². The van der Waals surface area contributed by atoms with E-state index in [1.807, 2.05) is 0 Å². The summed E-state index contributed by atoms with van der Waals surface area (Å²) in [4.78, 5) is 15.2. The average molecular weight is 383 g/mol. The van der Waals surface area contributed by atoms with Crippen molar-refractivity contribution in [1.29, 1.82) is 0 Å². The van der Waals surface area contributed by atoms with Crippen LogP contribution in [-0.2, 0) is 4.79 Å². The molecule has 1 aromatic rings. The smallest absolute Gasteiger partial charge is 0.238 e. The first-order valence-electron chi connectivity index (χ1n) is 9.64. The van der Waals surface area contributed by atoms with Gasteiger partial charge in [0.15, 0.2) is 0 Å². The van der Waals surface area contributed by atoms with Gasteiger partial charge in [-0.1, -0.05) is 61.7 Å². The summed E-state index contributed by atoms with van der Waals surface area (Å²) in [5.41, 5.74) is 0.714. The number of carbonyl (C=O) groups is 1. The molecule has 2 aliphatic carbocycles. The van der Waals surface area contributed by atoms with Crippen molar-refractivity contribution in [1.82, 2.24) is 4.90 Å². The predicted octanol–water partition coefficient (Wildman–Crippen LogP) is 5.90. The third-order valence-corrected chi connectivity index (χ3v) is 6.36. The van der Waals surface area contributed by atoms with E-state index in [0.717, 1.165) is 0 Å². The molecule has 1 N–H and O–H groups in total. The quantitative estimate of drug-likeness (QED) is 0.687. The molecule has 0 bridgehead atoms. The van der Waals surface area contributed by atoms with Crippen LogP contribution in [0.3, 0.4) is 0 Å². The second kappa shape index (κ2) is 9.25. The monoisotopic (exact) mass is 382 g/mol. The zero-order valence-electron chi connectivity index (χ0n) is 14.8. The van der Waals surface area contributed by atoms with E-state index < -0.39 is 0 Å². The maximum atomic E-state index is 12.7. The summed E-state index contributed by atoms with van der Waals surface area (Å²) in [6.45, 7) is 0.482. The van der Waals surface area contributed by atoms with Crippen LogP contribution in [0.2, 0.25) is 10.0 Å². The van der Waals surface area contributed by atoms with Crippen molar-refractivity contribution in [3.05, 3.63) is 28.2 Å². The summed E-state index contributed by atoms with van der Waals surface area (Å²) >= 11 is 12.0. The van der Waals surface area contributed by atoms with Gasteiger partial charge in [-0.15, -0.1) is 0 Å². The average Bonchev–Trinajstić information content (AvgIpc) is 2.64. The van der Waals surface area contributed by atoms with Crippen LogP contribution < -0.4 is 5.32 Å². The molecule has 5 heteroatoms. The number of nitrogens with zero attached hydrogens (tertiary/aromatic N) is 1. The van der Waals surface area contributed by atoms with Crippen LogP contribution >= 0.6 is 23.2 Å². The van der Waals surface area contributed by atoms with Gasteiger partial charge in [-0.25, -0.2) is 0 Å². The SMILES string of the molecule is O=C(CN(C1CCCCC1)C1CCCCC1)Nc1ccc(Cl)c(Cl)c1. The molecule has 0 heterocycles. The summed E-state index contributed by atoms with van der Waals surface area (Å²) in [5, 5.41) is 3.97. The fourth-order valence-electron chi connectivity index (χ4n) is 4.32. The first-order valence-corrected chi connectivity index (χ1v) is 10.4. The van der Waals surface area contributed by atoms with E-state index in [1.165, 1.54) is 64.2 Å². The van der Waals surface area contributed by atoms with Crippen molar-refractivity contribution >= 4 is 34.8 Å². The predicted molar refractivity (Wildman–Crippen MR) is 106 cm³/mol. The van der Waals surface area contributed by atoms with Gasteiger partial charge in [0, 0.05) is 17.8 Å². The van der Waals surface area contributed by atoms with Crippen molar-refractivity contribution in [2.45, 2.75) is 76.3 Å². The van der Waals surface area contributed by atoms with E-state index in [4.69, 9.17) is 23.2 Å². The van der Waals surface area contributed by atoms with Gasteiger partial charge in [0.1, 0.15) is 0 Å². The van der Waals surface area contributed by atoms with Crippen LogP contribution in [0, 0.1) is 0 Å². The van der Waals surface area contributed by atoms with Crippen LogP contribution in [0.25, 0.3) is 0 Å². The molecule has 3 rings (SSSR count). The first-order chi connectivity index (χ1) is 12.1. The van der Waals surface area contributed by atoms with Crippen molar-refractivity contribution in [3.8, 4) is 0 Å². The summed E-state index contributed by atoms with van der Waals surface area (Å²) in [6, 6.07) is 6.37. The van der Waals surface area contributed by atoms with Crippen LogP contribution in [-0.4, -0.2) is 29.4 Å². The molecule has 0 atom stereocenters. The number of amides is 1. The standard InChI is InChI=1S/C20H28Cl2N2O/c21-18-12-11-15(13-19(18)22)23-20(25)14-24(16-7-3-1-4-8-16)17-9-5-2-6-10-17/h11-13,16-17H,1-10,14H2,(H,23,25). The molecule has 0 unspecified atom stereocenters. The van der Waals surface area contributed by atoms with Gasteiger partial charge < -0.3 is 5.32 Å². The van der Waals surface area contributed by atoms with Gasteiger partial charge >= 0.3 is 0 Å². The lowest BCUT2D eigenvalue weighted by atomic mass is 9.88. The number of rotatable bonds is 5. The van der Waals surface area contributed by atoms with Gasteiger partial charge in [-0.3, -0.25) is 9.69 Å². The molecule has 0 radical (unpaired) electrons. The zero-order valence-corrected chi connectivity index (χ0v) is 16.3. The lowest BCUT2D eigenvalue weighted by molar-refractivity contribution is -0.119. The highest BCUT2D eigenvalue weighted by Gasteiger charge is 2.30. The molecule has 25 heavy (non-hydrogen) atoms. The van der Waals surface area contributed by atoms with Crippen LogP contribution in [0.1, 0.15) is 64.2 Å². The highest BCUT2D eigenvalue weighted by atomic mass is 35.5. The number of hydrogen-bond acceptors (Lipinski definition) is 2. The van der Waals surface area contributed by atoms with E-state index in [2.05, 4.69) is 10.2 Å². The molecule has 0 aromatic heterocycles. The maximum Gasteiger partial charge on any atom is 0.238 e. The summed E-state index contributed by atoms with van der Waals surface area (Å²) < 4.78 is 0. The molecule has 3 nitrogen and oxygen atoms in total. The molecule has 138 valence electrons. The van der Waals surface area contributed by atoms with E-state index in [9.17, 15) is 4.79 Å². The molecule has 0 saturated heterocycles. The molecule has 2 fully saturated rings. The third kappa shape index (κ3) is 5.35. The molecule has 1 amide bonds. The Bertz CT molecular complexity index is 563. The Morgan fingerprint density at radius 2 is 1.48 bits per heavy atom. The van der Waals surface area contributed by atoms with Crippen molar-refractivity contribution in [2.75, 3.05) is 11.9 Å². The Morgan fingerprint density at radius 1 is 0.920 bits per heavy atom. The molecule has 0 aliphatic heterocycles.